The van der Waals surface area contributed by atoms with Crippen LogP contribution in [0.1, 0.15) is 41.9 Å². The normalized spacial score (nSPS) is 18.1. The van der Waals surface area contributed by atoms with E-state index in [1.165, 1.54) is 17.8 Å². The lowest BCUT2D eigenvalue weighted by Gasteiger charge is -2.30. The molecule has 1 heterocycles. The largest absolute Gasteiger partial charge is 0.326 e. The van der Waals surface area contributed by atoms with Gasteiger partial charge in [0.2, 0.25) is 10.0 Å². The summed E-state index contributed by atoms with van der Waals surface area (Å²) in [4.78, 5) is 2.20. The van der Waals surface area contributed by atoms with Crippen molar-refractivity contribution in [1.29, 1.82) is 0 Å². The van der Waals surface area contributed by atoms with E-state index in [0.29, 0.717) is 11.4 Å². The van der Waals surface area contributed by atoms with Gasteiger partial charge < -0.3 is 5.73 Å². The summed E-state index contributed by atoms with van der Waals surface area (Å²) in [6.45, 7) is 2.25. The SMILES string of the molecule is Cc1sc(CN)cc1S(=O)(=O)N(C)C1CCCCC1. The smallest absolute Gasteiger partial charge is 0.244 e. The third-order valence-electron chi connectivity index (χ3n) is 3.87. The molecule has 6 heteroatoms. The summed E-state index contributed by atoms with van der Waals surface area (Å²) in [5, 5.41) is 0. The Kier molecular flexibility index (Phi) is 4.66. The van der Waals surface area contributed by atoms with Crippen LogP contribution in [0.5, 0.6) is 0 Å². The molecule has 1 aliphatic rings. The highest BCUT2D eigenvalue weighted by atomic mass is 32.2. The summed E-state index contributed by atoms with van der Waals surface area (Å²) in [7, 11) is -1.66. The quantitative estimate of drug-likeness (QED) is 0.929. The van der Waals surface area contributed by atoms with E-state index in [2.05, 4.69) is 0 Å². The Morgan fingerprint density at radius 1 is 1.37 bits per heavy atom. The first kappa shape index (κ1) is 15.0. The first-order chi connectivity index (χ1) is 8.96. The fourth-order valence-corrected chi connectivity index (χ4v) is 5.57. The Morgan fingerprint density at radius 2 is 2.00 bits per heavy atom. The summed E-state index contributed by atoms with van der Waals surface area (Å²) in [5.74, 6) is 0. The molecule has 0 radical (unpaired) electrons. The first-order valence-electron chi connectivity index (χ1n) is 6.74. The molecule has 2 N–H and O–H groups in total. The van der Waals surface area contributed by atoms with E-state index in [9.17, 15) is 8.42 Å². The number of hydrogen-bond donors (Lipinski definition) is 1. The molecule has 4 nitrogen and oxygen atoms in total. The van der Waals surface area contributed by atoms with E-state index in [-0.39, 0.29) is 6.04 Å². The van der Waals surface area contributed by atoms with Gasteiger partial charge >= 0.3 is 0 Å². The molecule has 0 unspecified atom stereocenters. The van der Waals surface area contributed by atoms with Crippen molar-refractivity contribution in [3.63, 3.8) is 0 Å². The molecule has 1 saturated carbocycles. The standard InChI is InChI=1S/C13H22N2O2S2/c1-10-13(8-12(9-14)18-10)19(16,17)15(2)11-6-4-3-5-7-11/h8,11H,3-7,9,14H2,1-2H3. The van der Waals surface area contributed by atoms with Gasteiger partial charge in [-0.05, 0) is 25.8 Å². The summed E-state index contributed by atoms with van der Waals surface area (Å²) in [6, 6.07) is 1.88. The lowest BCUT2D eigenvalue weighted by molar-refractivity contribution is 0.286. The number of aryl methyl sites for hydroxylation is 1. The van der Waals surface area contributed by atoms with Gasteiger partial charge in [-0.2, -0.15) is 4.31 Å². The predicted octanol–water partition coefficient (Wildman–Crippen LogP) is 2.47. The second-order valence-corrected chi connectivity index (χ2v) is 8.46. The average molecular weight is 302 g/mol. The van der Waals surface area contributed by atoms with Gasteiger partial charge in [0.15, 0.2) is 0 Å². The molecule has 1 aliphatic carbocycles. The van der Waals surface area contributed by atoms with Crippen molar-refractivity contribution < 1.29 is 8.42 Å². The Morgan fingerprint density at radius 3 is 2.53 bits per heavy atom. The third-order valence-corrected chi connectivity index (χ3v) is 7.11. The molecule has 2 rings (SSSR count). The van der Waals surface area contributed by atoms with Crippen LogP contribution >= 0.6 is 11.3 Å². The number of sulfonamides is 1. The number of nitrogens with two attached hydrogens (primary N) is 1. The molecule has 0 atom stereocenters. The fourth-order valence-electron chi connectivity index (χ4n) is 2.68. The van der Waals surface area contributed by atoms with E-state index in [0.717, 1.165) is 35.4 Å². The van der Waals surface area contributed by atoms with E-state index < -0.39 is 10.0 Å². The predicted molar refractivity (Wildman–Crippen MR) is 78.8 cm³/mol. The Balaban J connectivity index is 2.27. The van der Waals surface area contributed by atoms with Gasteiger partial charge in [0, 0.05) is 29.4 Å². The third kappa shape index (κ3) is 3.02. The monoisotopic (exact) mass is 302 g/mol. The molecular formula is C13H22N2O2S2. The van der Waals surface area contributed by atoms with Crippen molar-refractivity contribution >= 4 is 21.4 Å². The molecule has 108 valence electrons. The second kappa shape index (κ2) is 5.91. The van der Waals surface area contributed by atoms with Crippen molar-refractivity contribution in [1.82, 2.24) is 4.31 Å². The number of hydrogen-bond acceptors (Lipinski definition) is 4. The summed E-state index contributed by atoms with van der Waals surface area (Å²) in [6.07, 6.45) is 5.42. The maximum atomic E-state index is 12.7. The van der Waals surface area contributed by atoms with Crippen molar-refractivity contribution in [3.05, 3.63) is 15.8 Å². The van der Waals surface area contributed by atoms with E-state index in [1.54, 1.807) is 17.4 Å². The Bertz CT molecular complexity index is 531. The van der Waals surface area contributed by atoms with Crippen molar-refractivity contribution in [2.24, 2.45) is 5.73 Å². The molecular weight excluding hydrogens is 280 g/mol. The van der Waals surface area contributed by atoms with Crippen molar-refractivity contribution in [2.45, 2.75) is 56.5 Å². The minimum atomic E-state index is -3.37. The highest BCUT2D eigenvalue weighted by molar-refractivity contribution is 7.89. The van der Waals surface area contributed by atoms with Crippen LogP contribution in [0.3, 0.4) is 0 Å². The Hall–Kier alpha value is -0.430. The van der Waals surface area contributed by atoms with Crippen molar-refractivity contribution in [3.8, 4) is 0 Å². The molecule has 0 aromatic carbocycles. The van der Waals surface area contributed by atoms with Gasteiger partial charge in [0.25, 0.3) is 0 Å². The van der Waals surface area contributed by atoms with Crippen LogP contribution in [0, 0.1) is 6.92 Å². The van der Waals surface area contributed by atoms with Crippen LogP contribution in [-0.4, -0.2) is 25.8 Å². The molecule has 0 spiro atoms. The van der Waals surface area contributed by atoms with Gasteiger partial charge in [0.1, 0.15) is 0 Å². The number of nitrogens with zero attached hydrogens (tertiary/aromatic N) is 1. The lowest BCUT2D eigenvalue weighted by Crippen LogP contribution is -2.38. The zero-order chi connectivity index (χ0) is 14.0. The maximum Gasteiger partial charge on any atom is 0.244 e. The summed E-state index contributed by atoms with van der Waals surface area (Å²) >= 11 is 1.47. The Labute approximate surface area is 119 Å². The second-order valence-electron chi connectivity index (χ2n) is 5.15. The topological polar surface area (TPSA) is 63.4 Å². The molecule has 0 saturated heterocycles. The molecule has 19 heavy (non-hydrogen) atoms. The first-order valence-corrected chi connectivity index (χ1v) is 9.00. The van der Waals surface area contributed by atoms with Gasteiger partial charge in [-0.3, -0.25) is 0 Å². The van der Waals surface area contributed by atoms with Crippen LogP contribution in [0.2, 0.25) is 0 Å². The van der Waals surface area contributed by atoms with Crippen LogP contribution in [0.4, 0.5) is 0 Å². The van der Waals surface area contributed by atoms with Crippen LogP contribution in [-0.2, 0) is 16.6 Å². The fraction of sp³-hybridized carbons (Fsp3) is 0.692. The zero-order valence-corrected chi connectivity index (χ0v) is 13.2. The van der Waals surface area contributed by atoms with Gasteiger partial charge in [-0.15, -0.1) is 11.3 Å². The zero-order valence-electron chi connectivity index (χ0n) is 11.6. The van der Waals surface area contributed by atoms with Gasteiger partial charge in [0.05, 0.1) is 4.90 Å². The van der Waals surface area contributed by atoms with Crippen molar-refractivity contribution in [2.75, 3.05) is 7.05 Å². The number of rotatable bonds is 4. The van der Waals surface area contributed by atoms with E-state index >= 15 is 0 Å². The van der Waals surface area contributed by atoms with Gasteiger partial charge in [-0.1, -0.05) is 19.3 Å². The molecule has 1 fully saturated rings. The van der Waals surface area contributed by atoms with Gasteiger partial charge in [-0.25, -0.2) is 8.42 Å². The van der Waals surface area contributed by atoms with E-state index in [4.69, 9.17) is 5.73 Å². The molecule has 0 amide bonds. The van der Waals surface area contributed by atoms with Crippen LogP contribution in [0.25, 0.3) is 0 Å². The van der Waals surface area contributed by atoms with E-state index in [1.807, 2.05) is 6.92 Å². The minimum Gasteiger partial charge on any atom is -0.326 e. The summed E-state index contributed by atoms with van der Waals surface area (Å²) < 4.78 is 26.9. The number of thiophene rings is 1. The van der Waals surface area contributed by atoms with Crippen LogP contribution in [0.15, 0.2) is 11.0 Å². The van der Waals surface area contributed by atoms with Crippen LogP contribution < -0.4 is 5.73 Å². The molecule has 0 aliphatic heterocycles. The highest BCUT2D eigenvalue weighted by Crippen LogP contribution is 2.31. The molecule has 1 aromatic heterocycles. The average Bonchev–Trinajstić information content (AvgIpc) is 2.81. The minimum absolute atomic E-state index is 0.152. The maximum absolute atomic E-state index is 12.7. The lowest BCUT2D eigenvalue weighted by atomic mass is 9.96. The molecule has 1 aromatic rings. The molecule has 0 bridgehead atoms. The summed E-state index contributed by atoms with van der Waals surface area (Å²) in [5.41, 5.74) is 5.60. The highest BCUT2D eigenvalue weighted by Gasteiger charge is 2.30.